The Kier molecular flexibility index (Phi) is 4.98. The van der Waals surface area contributed by atoms with Gasteiger partial charge in [0.1, 0.15) is 4.90 Å². The van der Waals surface area contributed by atoms with E-state index in [1.165, 1.54) is 12.1 Å². The van der Waals surface area contributed by atoms with Gasteiger partial charge in [0, 0.05) is 6.04 Å². The molecule has 0 saturated carbocycles. The summed E-state index contributed by atoms with van der Waals surface area (Å²) in [5, 5.41) is 9.21. The first-order valence-corrected chi connectivity index (χ1v) is 7.33. The van der Waals surface area contributed by atoms with Crippen molar-refractivity contribution in [1.29, 1.82) is 0 Å². The van der Waals surface area contributed by atoms with Crippen molar-refractivity contribution in [3.05, 3.63) is 23.2 Å². The second-order valence-electron chi connectivity index (χ2n) is 4.31. The standard InChI is InChI=1S/C11H17ClN2O3S/c1-7(2)10(6-15)14-18(16,17)11-8(12)4-3-5-9(11)13/h3-5,7,10,14-15H,6,13H2,1-2H3. The number of nitrogens with one attached hydrogen (secondary N) is 1. The molecule has 0 amide bonds. The average Bonchev–Trinajstić information content (AvgIpc) is 2.25. The molecule has 0 aliphatic rings. The molecule has 1 unspecified atom stereocenters. The molecule has 0 radical (unpaired) electrons. The van der Waals surface area contributed by atoms with Crippen LogP contribution in [-0.2, 0) is 10.0 Å². The van der Waals surface area contributed by atoms with Gasteiger partial charge in [-0.2, -0.15) is 0 Å². The van der Waals surface area contributed by atoms with Crippen LogP contribution in [0.15, 0.2) is 23.1 Å². The summed E-state index contributed by atoms with van der Waals surface area (Å²) >= 11 is 5.86. The summed E-state index contributed by atoms with van der Waals surface area (Å²) in [7, 11) is -3.84. The maximum absolute atomic E-state index is 12.2. The Bertz CT molecular complexity index is 497. The number of nitrogens with two attached hydrogens (primary N) is 1. The van der Waals surface area contributed by atoms with Crippen molar-refractivity contribution in [1.82, 2.24) is 4.72 Å². The number of anilines is 1. The Morgan fingerprint density at radius 1 is 1.44 bits per heavy atom. The first kappa shape index (κ1) is 15.2. The zero-order chi connectivity index (χ0) is 13.9. The van der Waals surface area contributed by atoms with E-state index in [0.717, 1.165) is 0 Å². The molecule has 0 saturated heterocycles. The van der Waals surface area contributed by atoms with Gasteiger partial charge in [-0.15, -0.1) is 0 Å². The van der Waals surface area contributed by atoms with Crippen LogP contribution >= 0.6 is 11.6 Å². The van der Waals surface area contributed by atoms with Crippen LogP contribution in [0.1, 0.15) is 13.8 Å². The molecule has 0 spiro atoms. The fourth-order valence-electron chi connectivity index (χ4n) is 1.45. The molecule has 0 aliphatic heterocycles. The number of halogens is 1. The van der Waals surface area contributed by atoms with Gasteiger partial charge >= 0.3 is 0 Å². The summed E-state index contributed by atoms with van der Waals surface area (Å²) in [6, 6.07) is 3.91. The minimum atomic E-state index is -3.84. The summed E-state index contributed by atoms with van der Waals surface area (Å²) in [6.45, 7) is 3.32. The van der Waals surface area contributed by atoms with Gasteiger partial charge in [0.2, 0.25) is 10.0 Å². The van der Waals surface area contributed by atoms with Crippen LogP contribution in [-0.4, -0.2) is 26.2 Å². The lowest BCUT2D eigenvalue weighted by Gasteiger charge is -2.20. The SMILES string of the molecule is CC(C)C(CO)NS(=O)(=O)c1c(N)cccc1Cl. The molecule has 0 heterocycles. The van der Waals surface area contributed by atoms with Gasteiger partial charge in [0.25, 0.3) is 0 Å². The molecule has 7 heteroatoms. The molecular weight excluding hydrogens is 276 g/mol. The van der Waals surface area contributed by atoms with Gasteiger partial charge in [-0.3, -0.25) is 0 Å². The quantitative estimate of drug-likeness (QED) is 0.712. The Morgan fingerprint density at radius 2 is 2.06 bits per heavy atom. The van der Waals surface area contributed by atoms with Crippen LogP contribution in [0.4, 0.5) is 5.69 Å². The molecule has 5 nitrogen and oxygen atoms in total. The van der Waals surface area contributed by atoms with Crippen molar-refractivity contribution in [2.45, 2.75) is 24.8 Å². The van der Waals surface area contributed by atoms with Crippen molar-refractivity contribution in [3.8, 4) is 0 Å². The topological polar surface area (TPSA) is 92.4 Å². The summed E-state index contributed by atoms with van der Waals surface area (Å²) < 4.78 is 26.7. The lowest BCUT2D eigenvalue weighted by atomic mass is 10.1. The first-order chi connectivity index (χ1) is 8.29. The maximum atomic E-state index is 12.2. The molecular formula is C11H17ClN2O3S. The van der Waals surface area contributed by atoms with Crippen LogP contribution in [0.25, 0.3) is 0 Å². The highest BCUT2D eigenvalue weighted by Gasteiger charge is 2.25. The van der Waals surface area contributed by atoms with E-state index in [1.807, 2.05) is 0 Å². The molecule has 18 heavy (non-hydrogen) atoms. The number of rotatable bonds is 5. The summed E-state index contributed by atoms with van der Waals surface area (Å²) in [5.74, 6) is -0.0477. The third kappa shape index (κ3) is 3.35. The smallest absolute Gasteiger partial charge is 0.244 e. The van der Waals surface area contributed by atoms with Crippen LogP contribution in [0.2, 0.25) is 5.02 Å². The van der Waals surface area contributed by atoms with Crippen molar-refractivity contribution >= 4 is 27.3 Å². The van der Waals surface area contributed by atoms with E-state index in [-0.39, 0.29) is 28.1 Å². The predicted octanol–water partition coefficient (Wildman–Crippen LogP) is 1.22. The molecule has 4 N–H and O–H groups in total. The van der Waals surface area contributed by atoms with E-state index >= 15 is 0 Å². The highest BCUT2D eigenvalue weighted by molar-refractivity contribution is 7.89. The molecule has 0 aromatic heterocycles. The highest BCUT2D eigenvalue weighted by Crippen LogP contribution is 2.27. The average molecular weight is 293 g/mol. The van der Waals surface area contributed by atoms with E-state index in [4.69, 9.17) is 22.4 Å². The van der Waals surface area contributed by atoms with Gasteiger partial charge < -0.3 is 10.8 Å². The molecule has 1 atom stereocenters. The number of sulfonamides is 1. The largest absolute Gasteiger partial charge is 0.398 e. The van der Waals surface area contributed by atoms with Crippen molar-refractivity contribution in [2.75, 3.05) is 12.3 Å². The fraction of sp³-hybridized carbons (Fsp3) is 0.455. The van der Waals surface area contributed by atoms with E-state index in [0.29, 0.717) is 0 Å². The Hall–Kier alpha value is -0.820. The van der Waals surface area contributed by atoms with Gasteiger partial charge in [0.05, 0.1) is 17.3 Å². The predicted molar refractivity (Wildman–Crippen MR) is 71.9 cm³/mol. The zero-order valence-corrected chi connectivity index (χ0v) is 11.8. The lowest BCUT2D eigenvalue weighted by molar-refractivity contribution is 0.227. The Balaban J connectivity index is 3.15. The lowest BCUT2D eigenvalue weighted by Crippen LogP contribution is -2.41. The highest BCUT2D eigenvalue weighted by atomic mass is 35.5. The van der Waals surface area contributed by atoms with Gasteiger partial charge in [-0.05, 0) is 18.1 Å². The molecule has 0 fully saturated rings. The second-order valence-corrected chi connectivity index (χ2v) is 6.37. The molecule has 102 valence electrons. The number of hydrogen-bond acceptors (Lipinski definition) is 4. The normalized spacial score (nSPS) is 13.8. The van der Waals surface area contributed by atoms with E-state index in [9.17, 15) is 8.42 Å². The van der Waals surface area contributed by atoms with E-state index < -0.39 is 16.1 Å². The third-order valence-electron chi connectivity index (χ3n) is 2.57. The van der Waals surface area contributed by atoms with Crippen LogP contribution in [0.5, 0.6) is 0 Å². The third-order valence-corrected chi connectivity index (χ3v) is 4.61. The summed E-state index contributed by atoms with van der Waals surface area (Å²) in [5.41, 5.74) is 5.71. The van der Waals surface area contributed by atoms with Gasteiger partial charge in [0.15, 0.2) is 0 Å². The fourth-order valence-corrected chi connectivity index (χ4v) is 3.50. The Morgan fingerprint density at radius 3 is 2.50 bits per heavy atom. The minimum Gasteiger partial charge on any atom is -0.398 e. The molecule has 0 bridgehead atoms. The number of benzene rings is 1. The summed E-state index contributed by atoms with van der Waals surface area (Å²) in [4.78, 5) is -0.147. The van der Waals surface area contributed by atoms with E-state index in [1.54, 1.807) is 19.9 Å². The molecule has 1 aromatic carbocycles. The number of nitrogen functional groups attached to an aromatic ring is 1. The minimum absolute atomic E-state index is 0.0477. The van der Waals surface area contributed by atoms with Crippen molar-refractivity contribution in [3.63, 3.8) is 0 Å². The number of hydrogen-bond donors (Lipinski definition) is 3. The second kappa shape index (κ2) is 5.88. The molecule has 1 rings (SSSR count). The van der Waals surface area contributed by atoms with Crippen LogP contribution in [0, 0.1) is 5.92 Å². The summed E-state index contributed by atoms with van der Waals surface area (Å²) in [6.07, 6.45) is 0. The van der Waals surface area contributed by atoms with Gasteiger partial charge in [-0.25, -0.2) is 13.1 Å². The Labute approximate surface area is 112 Å². The number of aliphatic hydroxyl groups is 1. The van der Waals surface area contributed by atoms with Gasteiger partial charge in [-0.1, -0.05) is 31.5 Å². The van der Waals surface area contributed by atoms with Crippen LogP contribution in [0.3, 0.4) is 0 Å². The van der Waals surface area contributed by atoms with Crippen molar-refractivity contribution < 1.29 is 13.5 Å². The molecule has 0 aliphatic carbocycles. The number of aliphatic hydroxyl groups excluding tert-OH is 1. The monoisotopic (exact) mass is 292 g/mol. The molecule has 1 aromatic rings. The zero-order valence-electron chi connectivity index (χ0n) is 10.2. The first-order valence-electron chi connectivity index (χ1n) is 5.46. The van der Waals surface area contributed by atoms with E-state index in [2.05, 4.69) is 4.72 Å². The maximum Gasteiger partial charge on any atom is 0.244 e. The van der Waals surface area contributed by atoms with Crippen LogP contribution < -0.4 is 10.5 Å². The van der Waals surface area contributed by atoms with Crippen molar-refractivity contribution in [2.24, 2.45) is 5.92 Å².